The lowest BCUT2D eigenvalue weighted by Gasteiger charge is -2.09. The fraction of sp³-hybridized carbons (Fsp3) is 0.286. The highest BCUT2D eigenvalue weighted by Gasteiger charge is 2.38. The maximum atomic E-state index is 14.1. The molecule has 1 amide bonds. The lowest BCUT2D eigenvalue weighted by molar-refractivity contribution is -0.159. The van der Waals surface area contributed by atoms with Crippen molar-refractivity contribution in [3.8, 4) is 11.4 Å². The summed E-state index contributed by atoms with van der Waals surface area (Å²) < 4.78 is 55.5. The van der Waals surface area contributed by atoms with Crippen molar-refractivity contribution < 1.29 is 31.7 Å². The number of carbonyl (C=O) groups excluding carboxylic acids is 1. The van der Waals surface area contributed by atoms with Crippen molar-refractivity contribution in [1.29, 1.82) is 0 Å². The average molecular weight is 360 g/mol. The summed E-state index contributed by atoms with van der Waals surface area (Å²) in [6.45, 7) is 1.59. The molecule has 1 heterocycles. The van der Waals surface area contributed by atoms with Gasteiger partial charge in [0.25, 0.3) is 5.91 Å². The van der Waals surface area contributed by atoms with E-state index in [-0.39, 0.29) is 11.1 Å². The molecule has 1 N–H and O–H groups in total. The molecule has 0 saturated carbocycles. The average Bonchev–Trinajstić information content (AvgIpc) is 3.02. The van der Waals surface area contributed by atoms with Crippen molar-refractivity contribution in [3.63, 3.8) is 0 Å². The normalized spacial score (nSPS) is 13.0. The first-order valence-corrected chi connectivity index (χ1v) is 6.80. The number of aromatic nitrogens is 2. The van der Waals surface area contributed by atoms with Gasteiger partial charge < -0.3 is 14.7 Å². The summed E-state index contributed by atoms with van der Waals surface area (Å²) in [5.41, 5.74) is -0.372. The van der Waals surface area contributed by atoms with E-state index in [1.165, 1.54) is 19.4 Å². The summed E-state index contributed by atoms with van der Waals surface area (Å²) in [5.74, 6) is -3.68. The van der Waals surface area contributed by atoms with Crippen LogP contribution in [-0.4, -0.2) is 35.4 Å². The standard InChI is InChI=1S/C14H12F4N4O3/c1-7(6-19-24-2)20-12(23)9-4-3-8(5-10(9)15)11-21-13(25-22-11)14(16,17)18/h3-7H,1-2H3,(H,20,23)/b19-6+. The van der Waals surface area contributed by atoms with Crippen LogP contribution >= 0.6 is 0 Å². The Hall–Kier alpha value is -2.98. The van der Waals surface area contributed by atoms with Gasteiger partial charge in [0, 0.05) is 5.56 Å². The van der Waals surface area contributed by atoms with E-state index in [9.17, 15) is 22.4 Å². The Balaban J connectivity index is 2.19. The lowest BCUT2D eigenvalue weighted by atomic mass is 10.1. The number of hydrogen-bond donors (Lipinski definition) is 1. The van der Waals surface area contributed by atoms with E-state index >= 15 is 0 Å². The number of hydrogen-bond acceptors (Lipinski definition) is 6. The molecule has 0 aliphatic rings. The zero-order chi connectivity index (χ0) is 18.6. The molecule has 7 nitrogen and oxygen atoms in total. The molecule has 1 unspecified atom stereocenters. The first-order valence-electron chi connectivity index (χ1n) is 6.80. The third-order valence-electron chi connectivity index (χ3n) is 2.89. The largest absolute Gasteiger partial charge is 0.471 e. The predicted octanol–water partition coefficient (Wildman–Crippen LogP) is 2.65. The molecular formula is C14H12F4N4O3. The van der Waals surface area contributed by atoms with E-state index < -0.39 is 35.7 Å². The van der Waals surface area contributed by atoms with Gasteiger partial charge in [-0.3, -0.25) is 4.79 Å². The zero-order valence-electron chi connectivity index (χ0n) is 13.0. The van der Waals surface area contributed by atoms with E-state index in [0.717, 1.165) is 12.1 Å². The van der Waals surface area contributed by atoms with Crippen molar-refractivity contribution in [3.05, 3.63) is 35.5 Å². The Labute approximate surface area is 138 Å². The smallest absolute Gasteiger partial charge is 0.399 e. The SMILES string of the molecule is CO/N=C/C(C)NC(=O)c1ccc(-c2noc(C(F)(F)F)n2)cc1F. The van der Waals surface area contributed by atoms with E-state index in [4.69, 9.17) is 0 Å². The molecular weight excluding hydrogens is 348 g/mol. The topological polar surface area (TPSA) is 89.6 Å². The van der Waals surface area contributed by atoms with Crippen LogP contribution in [-0.2, 0) is 11.0 Å². The second-order valence-corrected chi connectivity index (χ2v) is 4.81. The molecule has 1 aromatic carbocycles. The number of rotatable bonds is 5. The molecule has 134 valence electrons. The highest BCUT2D eigenvalue weighted by molar-refractivity contribution is 5.96. The zero-order valence-corrected chi connectivity index (χ0v) is 13.0. The number of amides is 1. The van der Waals surface area contributed by atoms with Gasteiger partial charge in [-0.15, -0.1) is 0 Å². The van der Waals surface area contributed by atoms with Gasteiger partial charge in [-0.25, -0.2) is 4.39 Å². The molecule has 0 fully saturated rings. The summed E-state index contributed by atoms with van der Waals surface area (Å²) in [5, 5.41) is 9.06. The van der Waals surface area contributed by atoms with Gasteiger partial charge in [0.05, 0.1) is 17.8 Å². The first kappa shape index (κ1) is 18.4. The van der Waals surface area contributed by atoms with Gasteiger partial charge >= 0.3 is 12.1 Å². The number of nitrogens with one attached hydrogen (secondary N) is 1. The highest BCUT2D eigenvalue weighted by atomic mass is 19.4. The number of nitrogens with zero attached hydrogens (tertiary/aromatic N) is 3. The molecule has 0 spiro atoms. The van der Waals surface area contributed by atoms with E-state index in [0.29, 0.717) is 0 Å². The van der Waals surface area contributed by atoms with Crippen molar-refractivity contribution >= 4 is 12.1 Å². The summed E-state index contributed by atoms with van der Waals surface area (Å²) in [4.78, 5) is 19.6. The Morgan fingerprint density at radius 2 is 2.16 bits per heavy atom. The van der Waals surface area contributed by atoms with Crippen molar-refractivity contribution in [2.24, 2.45) is 5.16 Å². The van der Waals surface area contributed by atoms with Crippen LogP contribution in [0.25, 0.3) is 11.4 Å². The maximum absolute atomic E-state index is 14.1. The summed E-state index contributed by atoms with van der Waals surface area (Å²) in [6.07, 6.45) is -3.51. The Kier molecular flexibility index (Phi) is 5.35. The second kappa shape index (κ2) is 7.28. The van der Waals surface area contributed by atoms with E-state index in [1.807, 2.05) is 0 Å². The molecule has 2 aromatic rings. The fourth-order valence-electron chi connectivity index (χ4n) is 1.77. The van der Waals surface area contributed by atoms with E-state index in [2.05, 4.69) is 30.0 Å². The monoisotopic (exact) mass is 360 g/mol. The van der Waals surface area contributed by atoms with Crippen LogP contribution in [0.3, 0.4) is 0 Å². The number of alkyl halides is 3. The van der Waals surface area contributed by atoms with Crippen LogP contribution in [0.5, 0.6) is 0 Å². The van der Waals surface area contributed by atoms with Gasteiger partial charge in [0.1, 0.15) is 12.9 Å². The summed E-state index contributed by atoms with van der Waals surface area (Å²) in [7, 11) is 1.32. The molecule has 0 bridgehead atoms. The number of benzene rings is 1. The highest BCUT2D eigenvalue weighted by Crippen LogP contribution is 2.29. The third-order valence-corrected chi connectivity index (χ3v) is 2.89. The van der Waals surface area contributed by atoms with Crippen LogP contribution < -0.4 is 5.32 Å². The Morgan fingerprint density at radius 1 is 1.44 bits per heavy atom. The van der Waals surface area contributed by atoms with Crippen LogP contribution in [0.2, 0.25) is 0 Å². The second-order valence-electron chi connectivity index (χ2n) is 4.81. The quantitative estimate of drug-likeness (QED) is 0.503. The minimum atomic E-state index is -4.80. The molecule has 0 saturated heterocycles. The minimum absolute atomic E-state index is 0.0673. The minimum Gasteiger partial charge on any atom is -0.399 e. The molecule has 11 heteroatoms. The summed E-state index contributed by atoms with van der Waals surface area (Å²) in [6, 6.07) is 2.62. The van der Waals surface area contributed by atoms with Gasteiger partial charge in [-0.05, 0) is 19.1 Å². The van der Waals surface area contributed by atoms with Crippen LogP contribution in [0, 0.1) is 5.82 Å². The van der Waals surface area contributed by atoms with E-state index in [1.54, 1.807) is 6.92 Å². The van der Waals surface area contributed by atoms with Gasteiger partial charge in [-0.1, -0.05) is 16.4 Å². The van der Waals surface area contributed by atoms with Crippen LogP contribution in [0.15, 0.2) is 27.9 Å². The third kappa shape index (κ3) is 4.52. The fourth-order valence-corrected chi connectivity index (χ4v) is 1.77. The van der Waals surface area contributed by atoms with Crippen molar-refractivity contribution in [2.75, 3.05) is 7.11 Å². The molecule has 0 radical (unpaired) electrons. The van der Waals surface area contributed by atoms with Crippen LogP contribution in [0.4, 0.5) is 17.6 Å². The molecule has 1 aromatic heterocycles. The number of oxime groups is 1. The van der Waals surface area contributed by atoms with Gasteiger partial charge in [0.2, 0.25) is 5.82 Å². The van der Waals surface area contributed by atoms with Crippen molar-refractivity contribution in [1.82, 2.24) is 15.5 Å². The molecule has 0 aliphatic heterocycles. The van der Waals surface area contributed by atoms with Gasteiger partial charge in [-0.2, -0.15) is 18.2 Å². The Morgan fingerprint density at radius 3 is 2.72 bits per heavy atom. The first-order chi connectivity index (χ1) is 11.7. The predicted molar refractivity (Wildman–Crippen MR) is 77.1 cm³/mol. The molecule has 25 heavy (non-hydrogen) atoms. The Bertz CT molecular complexity index is 789. The van der Waals surface area contributed by atoms with Gasteiger partial charge in [0.15, 0.2) is 0 Å². The lowest BCUT2D eigenvalue weighted by Crippen LogP contribution is -2.34. The molecule has 1 atom stereocenters. The molecule has 0 aliphatic carbocycles. The van der Waals surface area contributed by atoms with Crippen LogP contribution in [0.1, 0.15) is 23.2 Å². The maximum Gasteiger partial charge on any atom is 0.471 e. The number of halogens is 4. The number of carbonyl (C=O) groups is 1. The molecule has 2 rings (SSSR count). The van der Waals surface area contributed by atoms with Crippen molar-refractivity contribution in [2.45, 2.75) is 19.1 Å². The summed E-state index contributed by atoms with van der Waals surface area (Å²) >= 11 is 0.